The predicted octanol–water partition coefficient (Wildman–Crippen LogP) is 4.52. The second-order valence-corrected chi connectivity index (χ2v) is 8.26. The number of rotatable bonds is 6. The van der Waals surface area contributed by atoms with Crippen LogP contribution < -0.4 is 19.7 Å². The van der Waals surface area contributed by atoms with Crippen molar-refractivity contribution in [2.45, 2.75) is 12.8 Å². The Bertz CT molecular complexity index is 1230. The first-order chi connectivity index (χ1) is 15.9. The monoisotopic (exact) mass is 467 g/mol. The molecule has 2 amide bonds. The average Bonchev–Trinajstić information content (AvgIpc) is 3.37. The van der Waals surface area contributed by atoms with Gasteiger partial charge in [0.05, 0.1) is 30.1 Å². The van der Waals surface area contributed by atoms with E-state index < -0.39 is 16.5 Å². The molecule has 3 aromatic rings. The average molecular weight is 468 g/mol. The largest absolute Gasteiger partial charge is 0.493 e. The smallest absolute Gasteiger partial charge is 0.286 e. The summed E-state index contributed by atoms with van der Waals surface area (Å²) < 4.78 is 10.3. The molecule has 10 heteroatoms. The van der Waals surface area contributed by atoms with Crippen LogP contribution in [0.15, 0.2) is 47.8 Å². The molecule has 33 heavy (non-hydrogen) atoms. The Morgan fingerprint density at radius 3 is 2.55 bits per heavy atom. The fourth-order valence-corrected chi connectivity index (χ4v) is 4.47. The summed E-state index contributed by atoms with van der Waals surface area (Å²) in [5.41, 5.74) is 1.58. The van der Waals surface area contributed by atoms with Gasteiger partial charge in [-0.15, -0.1) is 11.3 Å². The van der Waals surface area contributed by atoms with Crippen LogP contribution in [0.3, 0.4) is 0 Å². The summed E-state index contributed by atoms with van der Waals surface area (Å²) in [6.07, 6.45) is 1.66. The van der Waals surface area contributed by atoms with Crippen molar-refractivity contribution in [1.82, 2.24) is 0 Å². The SMILES string of the molecule is COc1cc(C(=O)Nc2ccc3c(c2)N(C(=O)c2cccs2)CCC3)c([N+](=O)[O-])cc1OC. The van der Waals surface area contributed by atoms with E-state index in [4.69, 9.17) is 9.47 Å². The molecule has 0 spiro atoms. The number of benzene rings is 2. The molecule has 0 aliphatic carbocycles. The standard InChI is InChI=1S/C23H21N3O6S/c1-31-19-12-16(18(26(29)30)13-20(19)32-2)22(27)24-15-8-7-14-5-3-9-25(17(14)11-15)23(28)21-6-4-10-33-21/h4,6-8,10-13H,3,5,9H2,1-2H3,(H,24,27). The molecule has 1 N–H and O–H groups in total. The molecule has 1 aromatic heterocycles. The van der Waals surface area contributed by atoms with Crippen LogP contribution in [0.4, 0.5) is 17.1 Å². The minimum Gasteiger partial charge on any atom is -0.493 e. The van der Waals surface area contributed by atoms with E-state index in [1.807, 2.05) is 17.5 Å². The molecule has 170 valence electrons. The van der Waals surface area contributed by atoms with E-state index in [9.17, 15) is 19.7 Å². The summed E-state index contributed by atoms with van der Waals surface area (Å²) in [4.78, 5) is 39.2. The lowest BCUT2D eigenvalue weighted by atomic mass is 10.0. The van der Waals surface area contributed by atoms with Gasteiger partial charge in [0.15, 0.2) is 11.5 Å². The minimum atomic E-state index is -0.672. The summed E-state index contributed by atoms with van der Waals surface area (Å²) in [7, 11) is 2.74. The summed E-state index contributed by atoms with van der Waals surface area (Å²) in [6.45, 7) is 0.572. The zero-order chi connectivity index (χ0) is 23.5. The molecule has 0 saturated heterocycles. The van der Waals surface area contributed by atoms with Crippen LogP contribution in [0.25, 0.3) is 0 Å². The Hall–Kier alpha value is -3.92. The highest BCUT2D eigenvalue weighted by Crippen LogP contribution is 2.36. The van der Waals surface area contributed by atoms with Gasteiger partial charge in [0.1, 0.15) is 5.56 Å². The Morgan fingerprint density at radius 2 is 1.88 bits per heavy atom. The lowest BCUT2D eigenvalue weighted by Crippen LogP contribution is -2.35. The molecule has 0 fully saturated rings. The number of amides is 2. The van der Waals surface area contributed by atoms with Crippen LogP contribution in [0.2, 0.25) is 0 Å². The normalized spacial score (nSPS) is 12.6. The zero-order valence-corrected chi connectivity index (χ0v) is 18.8. The highest BCUT2D eigenvalue weighted by molar-refractivity contribution is 7.12. The van der Waals surface area contributed by atoms with E-state index in [0.717, 1.165) is 30.2 Å². The van der Waals surface area contributed by atoms with Crippen molar-refractivity contribution < 1.29 is 24.0 Å². The number of carbonyl (C=O) groups is 2. The molecule has 1 aliphatic heterocycles. The van der Waals surface area contributed by atoms with E-state index >= 15 is 0 Å². The molecule has 2 heterocycles. The first-order valence-corrected chi connectivity index (χ1v) is 11.0. The van der Waals surface area contributed by atoms with Crippen molar-refractivity contribution in [2.24, 2.45) is 0 Å². The van der Waals surface area contributed by atoms with Gasteiger partial charge in [-0.05, 0) is 42.0 Å². The third-order valence-electron chi connectivity index (χ3n) is 5.38. The highest BCUT2D eigenvalue weighted by Gasteiger charge is 2.27. The third kappa shape index (κ3) is 4.37. The summed E-state index contributed by atoms with van der Waals surface area (Å²) in [5.74, 6) is -0.414. The molecule has 9 nitrogen and oxygen atoms in total. The van der Waals surface area contributed by atoms with E-state index in [0.29, 0.717) is 17.1 Å². The number of hydrogen-bond acceptors (Lipinski definition) is 7. The van der Waals surface area contributed by atoms with Crippen LogP contribution in [0.1, 0.15) is 32.0 Å². The van der Waals surface area contributed by atoms with E-state index in [2.05, 4.69) is 5.32 Å². The van der Waals surface area contributed by atoms with Gasteiger partial charge < -0.3 is 19.7 Å². The van der Waals surface area contributed by atoms with Gasteiger partial charge in [0.25, 0.3) is 17.5 Å². The van der Waals surface area contributed by atoms with Crippen molar-refractivity contribution in [3.8, 4) is 11.5 Å². The Kier molecular flexibility index (Phi) is 6.27. The molecule has 0 unspecified atom stereocenters. The van der Waals surface area contributed by atoms with Crippen LogP contribution in [0, 0.1) is 10.1 Å². The number of aryl methyl sites for hydroxylation is 1. The highest BCUT2D eigenvalue weighted by atomic mass is 32.1. The molecule has 0 saturated carbocycles. The maximum Gasteiger partial charge on any atom is 0.286 e. The maximum atomic E-state index is 13.0. The molecule has 0 bridgehead atoms. The Balaban J connectivity index is 1.66. The predicted molar refractivity (Wildman–Crippen MR) is 125 cm³/mol. The molecular weight excluding hydrogens is 446 g/mol. The zero-order valence-electron chi connectivity index (χ0n) is 18.0. The third-order valence-corrected chi connectivity index (χ3v) is 6.24. The Morgan fingerprint density at radius 1 is 1.12 bits per heavy atom. The topological polar surface area (TPSA) is 111 Å². The molecule has 0 atom stereocenters. The van der Waals surface area contributed by atoms with Crippen LogP contribution >= 0.6 is 11.3 Å². The molecule has 2 aromatic carbocycles. The number of nitrogens with zero attached hydrogens (tertiary/aromatic N) is 2. The fraction of sp³-hybridized carbons (Fsp3) is 0.217. The molecule has 0 radical (unpaired) electrons. The number of hydrogen-bond donors (Lipinski definition) is 1. The van der Waals surface area contributed by atoms with Crippen LogP contribution in [-0.4, -0.2) is 37.5 Å². The molecule has 4 rings (SSSR count). The van der Waals surface area contributed by atoms with Gasteiger partial charge in [0, 0.05) is 24.0 Å². The summed E-state index contributed by atoms with van der Waals surface area (Å²) in [6, 6.07) is 11.4. The van der Waals surface area contributed by atoms with Crippen molar-refractivity contribution in [3.05, 3.63) is 74.0 Å². The number of fused-ring (bicyclic) bond motifs is 1. The Labute approximate surface area is 193 Å². The second kappa shape index (κ2) is 9.29. The van der Waals surface area contributed by atoms with E-state index in [1.54, 1.807) is 23.1 Å². The van der Waals surface area contributed by atoms with Crippen molar-refractivity contribution in [2.75, 3.05) is 31.0 Å². The number of ether oxygens (including phenoxy) is 2. The number of nitro groups is 1. The van der Waals surface area contributed by atoms with Gasteiger partial charge in [-0.3, -0.25) is 19.7 Å². The number of anilines is 2. The van der Waals surface area contributed by atoms with Gasteiger partial charge in [-0.2, -0.15) is 0 Å². The number of thiophene rings is 1. The van der Waals surface area contributed by atoms with Crippen molar-refractivity contribution in [3.63, 3.8) is 0 Å². The second-order valence-electron chi connectivity index (χ2n) is 7.32. The minimum absolute atomic E-state index is 0.0926. The first kappa shape index (κ1) is 22.3. The lowest BCUT2D eigenvalue weighted by Gasteiger charge is -2.29. The summed E-state index contributed by atoms with van der Waals surface area (Å²) >= 11 is 1.38. The van der Waals surface area contributed by atoms with E-state index in [-0.39, 0.29) is 23.0 Å². The lowest BCUT2D eigenvalue weighted by molar-refractivity contribution is -0.385. The van der Waals surface area contributed by atoms with Gasteiger partial charge in [-0.25, -0.2) is 0 Å². The number of nitro benzene ring substituents is 1. The summed E-state index contributed by atoms with van der Waals surface area (Å²) in [5, 5.41) is 16.1. The number of nitrogens with one attached hydrogen (secondary N) is 1. The van der Waals surface area contributed by atoms with E-state index in [1.165, 1.54) is 31.6 Å². The maximum absolute atomic E-state index is 13.0. The van der Waals surface area contributed by atoms with Gasteiger partial charge >= 0.3 is 0 Å². The number of methoxy groups -OCH3 is 2. The number of carbonyl (C=O) groups excluding carboxylic acids is 2. The quantitative estimate of drug-likeness (QED) is 0.422. The fourth-order valence-electron chi connectivity index (χ4n) is 3.80. The van der Waals surface area contributed by atoms with Gasteiger partial charge in [-0.1, -0.05) is 12.1 Å². The van der Waals surface area contributed by atoms with Gasteiger partial charge in [0.2, 0.25) is 0 Å². The molecular formula is C23H21N3O6S. The molecule has 1 aliphatic rings. The van der Waals surface area contributed by atoms with Crippen molar-refractivity contribution >= 4 is 40.2 Å². The first-order valence-electron chi connectivity index (χ1n) is 10.1. The van der Waals surface area contributed by atoms with Crippen molar-refractivity contribution in [1.29, 1.82) is 0 Å². The van der Waals surface area contributed by atoms with Crippen LogP contribution in [0.5, 0.6) is 11.5 Å². The van der Waals surface area contributed by atoms with Crippen LogP contribution in [-0.2, 0) is 6.42 Å².